The van der Waals surface area contributed by atoms with Crippen molar-refractivity contribution in [3.05, 3.63) is 32.1 Å². The van der Waals surface area contributed by atoms with E-state index in [2.05, 4.69) is 10.2 Å². The molecule has 1 unspecified atom stereocenters. The SMILES string of the molecule is CC(CCCCCCCCCCCCCCCn1c(=O)c2c(ncn2C)n(C)c1=O)N=O. The molecule has 0 radical (unpaired) electrons. The van der Waals surface area contributed by atoms with E-state index < -0.39 is 0 Å². The van der Waals surface area contributed by atoms with Crippen molar-refractivity contribution in [2.24, 2.45) is 19.3 Å². The molecule has 32 heavy (non-hydrogen) atoms. The highest BCUT2D eigenvalue weighted by Gasteiger charge is 2.14. The molecule has 0 saturated carbocycles. The van der Waals surface area contributed by atoms with Gasteiger partial charge in [0.15, 0.2) is 11.2 Å². The second-order valence-electron chi connectivity index (χ2n) is 9.17. The summed E-state index contributed by atoms with van der Waals surface area (Å²) in [5.41, 5.74) is 0.404. The molecular formula is C24H41N5O3. The molecular weight excluding hydrogens is 406 g/mol. The lowest BCUT2D eigenvalue weighted by Gasteiger charge is -2.08. The summed E-state index contributed by atoms with van der Waals surface area (Å²) in [4.78, 5) is 39.6. The van der Waals surface area contributed by atoms with Gasteiger partial charge in [0, 0.05) is 20.6 Å². The molecule has 0 fully saturated rings. The van der Waals surface area contributed by atoms with Crippen molar-refractivity contribution in [3.63, 3.8) is 0 Å². The molecule has 0 aliphatic rings. The number of imidazole rings is 1. The van der Waals surface area contributed by atoms with Crippen LogP contribution in [0.5, 0.6) is 0 Å². The van der Waals surface area contributed by atoms with Crippen LogP contribution in [0, 0.1) is 4.91 Å². The molecule has 1 atom stereocenters. The van der Waals surface area contributed by atoms with Crippen LogP contribution in [-0.2, 0) is 20.6 Å². The van der Waals surface area contributed by atoms with Crippen LogP contribution in [0.1, 0.15) is 96.8 Å². The standard InChI is InChI=1S/C24H41N5O3/c1-20(26-32)17-15-13-11-9-7-5-4-6-8-10-12-14-16-18-29-23(30)21-22(25-19-27(21)2)28(3)24(29)31/h19-20H,4-18H2,1-3H3. The van der Waals surface area contributed by atoms with E-state index in [1.54, 1.807) is 25.0 Å². The fourth-order valence-corrected chi connectivity index (χ4v) is 4.30. The van der Waals surface area contributed by atoms with E-state index in [1.807, 2.05) is 6.92 Å². The summed E-state index contributed by atoms with van der Waals surface area (Å²) in [5, 5.41) is 3.04. The Balaban J connectivity index is 1.50. The second-order valence-corrected chi connectivity index (χ2v) is 9.17. The highest BCUT2D eigenvalue weighted by Crippen LogP contribution is 2.14. The fraction of sp³-hybridized carbons (Fsp3) is 0.792. The second kappa shape index (κ2) is 14.0. The highest BCUT2D eigenvalue weighted by atomic mass is 16.3. The Hall–Kier alpha value is -2.25. The third-order valence-corrected chi connectivity index (χ3v) is 6.38. The van der Waals surface area contributed by atoms with Crippen molar-refractivity contribution in [1.29, 1.82) is 0 Å². The summed E-state index contributed by atoms with van der Waals surface area (Å²) >= 11 is 0. The summed E-state index contributed by atoms with van der Waals surface area (Å²) in [6.07, 6.45) is 18.1. The molecule has 0 aromatic carbocycles. The largest absolute Gasteiger partial charge is 0.332 e. The van der Waals surface area contributed by atoms with Gasteiger partial charge < -0.3 is 4.57 Å². The lowest BCUT2D eigenvalue weighted by molar-refractivity contribution is 0.508. The van der Waals surface area contributed by atoms with Gasteiger partial charge in [0.1, 0.15) is 0 Å². The number of hydrogen-bond acceptors (Lipinski definition) is 5. The third kappa shape index (κ3) is 7.71. The molecule has 2 heterocycles. The van der Waals surface area contributed by atoms with Crippen LogP contribution in [0.2, 0.25) is 0 Å². The average Bonchev–Trinajstić information content (AvgIpc) is 3.18. The number of hydrogen-bond donors (Lipinski definition) is 0. The summed E-state index contributed by atoms with van der Waals surface area (Å²) in [6.45, 7) is 2.36. The number of unbranched alkanes of at least 4 members (excludes halogenated alkanes) is 12. The fourth-order valence-electron chi connectivity index (χ4n) is 4.30. The lowest BCUT2D eigenvalue weighted by atomic mass is 10.0. The van der Waals surface area contributed by atoms with Gasteiger partial charge in [-0.15, -0.1) is 0 Å². The minimum absolute atomic E-state index is 0.0265. The first-order valence-corrected chi connectivity index (χ1v) is 12.4. The van der Waals surface area contributed by atoms with Gasteiger partial charge in [-0.05, 0) is 19.8 Å². The molecule has 0 aliphatic carbocycles. The zero-order valence-corrected chi connectivity index (χ0v) is 20.2. The van der Waals surface area contributed by atoms with E-state index in [0.29, 0.717) is 17.7 Å². The van der Waals surface area contributed by atoms with Gasteiger partial charge in [-0.3, -0.25) is 13.9 Å². The van der Waals surface area contributed by atoms with E-state index in [1.165, 1.54) is 66.9 Å². The van der Waals surface area contributed by atoms with E-state index >= 15 is 0 Å². The first kappa shape index (κ1) is 26.0. The lowest BCUT2D eigenvalue weighted by Crippen LogP contribution is -2.39. The number of aryl methyl sites for hydroxylation is 2. The first-order chi connectivity index (χ1) is 15.5. The van der Waals surface area contributed by atoms with Crippen LogP contribution < -0.4 is 11.2 Å². The summed E-state index contributed by atoms with van der Waals surface area (Å²) in [5.74, 6) is 0. The molecule has 8 nitrogen and oxygen atoms in total. The summed E-state index contributed by atoms with van der Waals surface area (Å²) in [6, 6.07) is -0.0265. The minimum Gasteiger partial charge on any atom is -0.328 e. The van der Waals surface area contributed by atoms with Gasteiger partial charge in [-0.1, -0.05) is 82.2 Å². The highest BCUT2D eigenvalue weighted by molar-refractivity contribution is 5.69. The molecule has 0 spiro atoms. The van der Waals surface area contributed by atoms with Crippen molar-refractivity contribution >= 4 is 11.2 Å². The van der Waals surface area contributed by atoms with E-state index in [0.717, 1.165) is 32.1 Å². The van der Waals surface area contributed by atoms with Crippen LogP contribution >= 0.6 is 0 Å². The molecule has 0 bridgehead atoms. The van der Waals surface area contributed by atoms with E-state index in [4.69, 9.17) is 0 Å². The number of fused-ring (bicyclic) bond motifs is 1. The van der Waals surface area contributed by atoms with Crippen molar-refractivity contribution in [2.45, 2.75) is 109 Å². The van der Waals surface area contributed by atoms with Gasteiger partial charge in [-0.25, -0.2) is 9.78 Å². The summed E-state index contributed by atoms with van der Waals surface area (Å²) < 4.78 is 4.49. The van der Waals surface area contributed by atoms with E-state index in [-0.39, 0.29) is 17.3 Å². The van der Waals surface area contributed by atoms with Gasteiger partial charge >= 0.3 is 5.69 Å². The van der Waals surface area contributed by atoms with Crippen LogP contribution in [0.25, 0.3) is 11.2 Å². The topological polar surface area (TPSA) is 91.2 Å². The van der Waals surface area contributed by atoms with Crippen molar-refractivity contribution in [1.82, 2.24) is 18.7 Å². The summed E-state index contributed by atoms with van der Waals surface area (Å²) in [7, 11) is 3.45. The molecule has 2 aromatic rings. The molecule has 0 amide bonds. The van der Waals surface area contributed by atoms with Crippen molar-refractivity contribution in [3.8, 4) is 0 Å². The molecule has 0 aliphatic heterocycles. The molecule has 2 aromatic heterocycles. The zero-order chi connectivity index (χ0) is 23.3. The van der Waals surface area contributed by atoms with Crippen molar-refractivity contribution < 1.29 is 0 Å². The van der Waals surface area contributed by atoms with Gasteiger partial charge in [-0.2, -0.15) is 4.91 Å². The monoisotopic (exact) mass is 447 g/mol. The number of aromatic nitrogens is 4. The first-order valence-electron chi connectivity index (χ1n) is 12.4. The Morgan fingerprint density at radius 1 is 0.844 bits per heavy atom. The molecule has 8 heteroatoms. The van der Waals surface area contributed by atoms with Gasteiger partial charge in [0.25, 0.3) is 5.56 Å². The van der Waals surface area contributed by atoms with E-state index in [9.17, 15) is 14.5 Å². The van der Waals surface area contributed by atoms with Gasteiger partial charge in [0.2, 0.25) is 0 Å². The smallest absolute Gasteiger partial charge is 0.328 e. The normalized spacial score (nSPS) is 12.5. The van der Waals surface area contributed by atoms with Gasteiger partial charge in [0.05, 0.1) is 12.4 Å². The number of nitrogens with zero attached hydrogens (tertiary/aromatic N) is 5. The number of rotatable bonds is 17. The maximum atomic E-state index is 12.7. The predicted octanol–water partition coefficient (Wildman–Crippen LogP) is 5.05. The third-order valence-electron chi connectivity index (χ3n) is 6.38. The maximum absolute atomic E-state index is 12.7. The molecule has 0 saturated heterocycles. The molecule has 180 valence electrons. The van der Waals surface area contributed by atoms with Crippen molar-refractivity contribution in [2.75, 3.05) is 0 Å². The minimum atomic E-state index is -0.284. The Bertz CT molecular complexity index is 943. The molecule has 2 rings (SSSR count). The van der Waals surface area contributed by atoms with Crippen LogP contribution in [-0.4, -0.2) is 24.7 Å². The average molecular weight is 448 g/mol. The number of nitroso groups, excluding NO2 is 1. The Labute approximate surface area is 191 Å². The zero-order valence-electron chi connectivity index (χ0n) is 20.2. The van der Waals surface area contributed by atoms with Crippen LogP contribution in [0.4, 0.5) is 0 Å². The maximum Gasteiger partial charge on any atom is 0.332 e. The Morgan fingerprint density at radius 3 is 1.88 bits per heavy atom. The van der Waals surface area contributed by atoms with Crippen LogP contribution in [0.3, 0.4) is 0 Å². The quantitative estimate of drug-likeness (QED) is 0.251. The Morgan fingerprint density at radius 2 is 1.34 bits per heavy atom. The Kier molecular flexibility index (Phi) is 11.4. The molecule has 0 N–H and O–H groups in total. The predicted molar refractivity (Wildman–Crippen MR) is 130 cm³/mol. The van der Waals surface area contributed by atoms with Crippen LogP contribution in [0.15, 0.2) is 21.1 Å².